The van der Waals surface area contributed by atoms with Gasteiger partial charge in [0, 0.05) is 32.0 Å². The first kappa shape index (κ1) is 22.2. The summed E-state index contributed by atoms with van der Waals surface area (Å²) >= 11 is 0. The molecule has 0 bridgehead atoms. The van der Waals surface area contributed by atoms with Gasteiger partial charge in [-0.25, -0.2) is 0 Å². The fourth-order valence-electron chi connectivity index (χ4n) is 3.34. The Kier molecular flexibility index (Phi) is 9.71. The van der Waals surface area contributed by atoms with E-state index < -0.39 is 0 Å². The number of aryl methyl sites for hydroxylation is 1. The van der Waals surface area contributed by atoms with Crippen molar-refractivity contribution in [2.75, 3.05) is 19.8 Å². The van der Waals surface area contributed by atoms with Crippen LogP contribution >= 0.6 is 24.8 Å². The summed E-state index contributed by atoms with van der Waals surface area (Å²) in [6, 6.07) is 0.0446. The van der Waals surface area contributed by atoms with Gasteiger partial charge in [0.2, 0.25) is 5.91 Å². The molecule has 1 fully saturated rings. The van der Waals surface area contributed by atoms with Gasteiger partial charge in [0.1, 0.15) is 5.82 Å². The summed E-state index contributed by atoms with van der Waals surface area (Å²) in [5.41, 5.74) is 0. The number of rotatable bonds is 5. The van der Waals surface area contributed by atoms with Crippen LogP contribution in [0.1, 0.15) is 56.7 Å². The lowest BCUT2D eigenvalue weighted by Crippen LogP contribution is -2.44. The monoisotopic (exact) mass is 393 g/mol. The van der Waals surface area contributed by atoms with E-state index in [2.05, 4.69) is 32.3 Å². The molecule has 0 aliphatic carbocycles. The fourth-order valence-corrected chi connectivity index (χ4v) is 3.34. The Bertz CT molecular complexity index is 535. The maximum Gasteiger partial charge on any atom is 0.222 e. The van der Waals surface area contributed by atoms with E-state index in [4.69, 9.17) is 4.74 Å². The topological polar surface area (TPSA) is 81.1 Å². The molecule has 25 heavy (non-hydrogen) atoms. The van der Waals surface area contributed by atoms with Crippen molar-refractivity contribution in [1.82, 2.24) is 25.4 Å². The Balaban J connectivity index is 0.00000156. The van der Waals surface area contributed by atoms with Gasteiger partial charge in [0.15, 0.2) is 5.82 Å². The number of nitrogens with one attached hydrogen (secondary N) is 2. The maximum atomic E-state index is 12.3. The molecule has 1 aromatic heterocycles. The first-order chi connectivity index (χ1) is 11.3. The largest absolute Gasteiger partial charge is 0.378 e. The summed E-state index contributed by atoms with van der Waals surface area (Å²) in [6.07, 6.45) is 5.82. The molecule has 3 rings (SSSR count). The number of carbonyl (C=O) groups is 1. The molecule has 2 unspecified atom stereocenters. The van der Waals surface area contributed by atoms with E-state index in [1.807, 2.05) is 0 Å². The predicted octanol–water partition coefficient (Wildman–Crippen LogP) is 1.79. The molecule has 2 N–H and O–H groups in total. The number of nitrogens with zero attached hydrogens (tertiary/aromatic N) is 3. The van der Waals surface area contributed by atoms with E-state index in [9.17, 15) is 4.79 Å². The van der Waals surface area contributed by atoms with Crippen molar-refractivity contribution in [3.05, 3.63) is 11.6 Å². The van der Waals surface area contributed by atoms with E-state index in [1.165, 1.54) is 12.8 Å². The molecule has 3 heterocycles. The molecular formula is C16H29Cl2N5O2. The zero-order valence-corrected chi connectivity index (χ0v) is 16.3. The van der Waals surface area contributed by atoms with Gasteiger partial charge in [-0.05, 0) is 19.3 Å². The smallest absolute Gasteiger partial charge is 0.222 e. The van der Waals surface area contributed by atoms with Crippen LogP contribution in [0.15, 0.2) is 0 Å². The molecule has 7 nitrogen and oxygen atoms in total. The number of fused-ring (bicyclic) bond motifs is 1. The fraction of sp³-hybridized carbons (Fsp3) is 0.812. The average molecular weight is 394 g/mol. The number of morpholine rings is 1. The molecule has 1 amide bonds. The molecule has 0 spiro atoms. The first-order valence-corrected chi connectivity index (χ1v) is 8.80. The minimum absolute atomic E-state index is 0. The summed E-state index contributed by atoms with van der Waals surface area (Å²) in [4.78, 5) is 12.3. The Hall–Kier alpha value is -0.890. The number of amides is 1. The number of carbonyl (C=O) groups excluding carboxylic acids is 1. The minimum Gasteiger partial charge on any atom is -0.378 e. The van der Waals surface area contributed by atoms with Gasteiger partial charge in [-0.1, -0.05) is 13.3 Å². The summed E-state index contributed by atoms with van der Waals surface area (Å²) in [5.74, 6) is 2.02. The Morgan fingerprint density at radius 2 is 2.20 bits per heavy atom. The number of hydrogen-bond acceptors (Lipinski definition) is 5. The second-order valence-corrected chi connectivity index (χ2v) is 6.40. The van der Waals surface area contributed by atoms with Crippen LogP contribution in [0.4, 0.5) is 0 Å². The van der Waals surface area contributed by atoms with E-state index in [0.717, 1.165) is 50.6 Å². The lowest BCUT2D eigenvalue weighted by Gasteiger charge is -2.24. The Morgan fingerprint density at radius 1 is 1.36 bits per heavy atom. The third kappa shape index (κ3) is 5.81. The van der Waals surface area contributed by atoms with Gasteiger partial charge in [-0.2, -0.15) is 0 Å². The number of halogens is 2. The highest BCUT2D eigenvalue weighted by Crippen LogP contribution is 2.21. The van der Waals surface area contributed by atoms with E-state index in [1.54, 1.807) is 0 Å². The standard InChI is InChI=1S/C16H27N5O2.2ClH/c1-2-13(18-15(22)10-12-11-23-9-7-17-12)16-20-19-14-6-4-3-5-8-21(14)16;;/h12-13,17H,2-11H2,1H3,(H,18,22);2*1H. The SMILES string of the molecule is CCC(NC(=O)CC1COCCN1)c1nnc2n1CCCCC2.Cl.Cl. The predicted molar refractivity (Wildman–Crippen MR) is 100 cm³/mol. The van der Waals surface area contributed by atoms with Crippen LogP contribution in [0.3, 0.4) is 0 Å². The molecule has 2 aliphatic heterocycles. The second kappa shape index (κ2) is 11.0. The van der Waals surface area contributed by atoms with E-state index >= 15 is 0 Å². The first-order valence-electron chi connectivity index (χ1n) is 8.80. The van der Waals surface area contributed by atoms with Gasteiger partial charge in [0.25, 0.3) is 0 Å². The van der Waals surface area contributed by atoms with Crippen molar-refractivity contribution in [3.63, 3.8) is 0 Å². The normalized spacial score (nSPS) is 21.1. The van der Waals surface area contributed by atoms with Gasteiger partial charge in [-0.15, -0.1) is 35.0 Å². The van der Waals surface area contributed by atoms with Crippen molar-refractivity contribution < 1.29 is 9.53 Å². The van der Waals surface area contributed by atoms with Crippen LogP contribution in [0.5, 0.6) is 0 Å². The van der Waals surface area contributed by atoms with Gasteiger partial charge >= 0.3 is 0 Å². The number of aromatic nitrogens is 3. The van der Waals surface area contributed by atoms with Gasteiger partial charge < -0.3 is 19.9 Å². The quantitative estimate of drug-likeness (QED) is 0.796. The van der Waals surface area contributed by atoms with Gasteiger partial charge in [-0.3, -0.25) is 4.79 Å². The minimum atomic E-state index is -0.0636. The molecule has 144 valence electrons. The molecule has 1 saturated heterocycles. The lowest BCUT2D eigenvalue weighted by molar-refractivity contribution is -0.123. The van der Waals surface area contributed by atoms with Crippen LogP contribution in [-0.2, 0) is 22.5 Å². The zero-order valence-electron chi connectivity index (χ0n) is 14.7. The van der Waals surface area contributed by atoms with Crippen molar-refractivity contribution in [2.24, 2.45) is 0 Å². The molecule has 9 heteroatoms. The van der Waals surface area contributed by atoms with Crippen LogP contribution in [-0.4, -0.2) is 46.5 Å². The molecule has 1 aromatic rings. The highest BCUT2D eigenvalue weighted by molar-refractivity contribution is 5.85. The summed E-state index contributed by atoms with van der Waals surface area (Å²) in [7, 11) is 0. The van der Waals surface area contributed by atoms with Crippen molar-refractivity contribution >= 4 is 30.7 Å². The molecule has 0 aromatic carbocycles. The third-order valence-electron chi connectivity index (χ3n) is 4.62. The Labute approximate surface area is 161 Å². The summed E-state index contributed by atoms with van der Waals surface area (Å²) in [5, 5.41) is 15.2. The van der Waals surface area contributed by atoms with Crippen molar-refractivity contribution in [3.8, 4) is 0 Å². The van der Waals surface area contributed by atoms with Gasteiger partial charge in [0.05, 0.1) is 19.3 Å². The Morgan fingerprint density at radius 3 is 2.92 bits per heavy atom. The highest BCUT2D eigenvalue weighted by atomic mass is 35.5. The van der Waals surface area contributed by atoms with Crippen LogP contribution in [0.25, 0.3) is 0 Å². The molecule has 0 saturated carbocycles. The van der Waals surface area contributed by atoms with Crippen LogP contribution in [0.2, 0.25) is 0 Å². The zero-order chi connectivity index (χ0) is 16.1. The second-order valence-electron chi connectivity index (χ2n) is 6.40. The lowest BCUT2D eigenvalue weighted by atomic mass is 10.1. The maximum absolute atomic E-state index is 12.3. The molecular weight excluding hydrogens is 365 g/mol. The van der Waals surface area contributed by atoms with E-state index in [0.29, 0.717) is 13.0 Å². The van der Waals surface area contributed by atoms with Crippen molar-refractivity contribution in [2.45, 2.75) is 64.1 Å². The number of hydrogen-bond donors (Lipinski definition) is 2. The van der Waals surface area contributed by atoms with Crippen LogP contribution in [0, 0.1) is 0 Å². The van der Waals surface area contributed by atoms with E-state index in [-0.39, 0.29) is 42.8 Å². The highest BCUT2D eigenvalue weighted by Gasteiger charge is 2.24. The molecule has 2 atom stereocenters. The average Bonchev–Trinajstić information content (AvgIpc) is 2.82. The molecule has 0 radical (unpaired) electrons. The van der Waals surface area contributed by atoms with Crippen LogP contribution < -0.4 is 10.6 Å². The third-order valence-corrected chi connectivity index (χ3v) is 4.62. The summed E-state index contributed by atoms with van der Waals surface area (Å²) in [6.45, 7) is 5.17. The van der Waals surface area contributed by atoms with Crippen molar-refractivity contribution in [1.29, 1.82) is 0 Å². The molecule has 2 aliphatic rings. The summed E-state index contributed by atoms with van der Waals surface area (Å²) < 4.78 is 7.62. The number of ether oxygens (including phenoxy) is 1.